The Bertz CT molecular complexity index is 728. The Labute approximate surface area is 156 Å². The number of benzene rings is 2. The highest BCUT2D eigenvalue weighted by molar-refractivity contribution is 7.98. The quantitative estimate of drug-likeness (QED) is 0.464. The summed E-state index contributed by atoms with van der Waals surface area (Å²) in [6, 6.07) is 15.4. The van der Waals surface area contributed by atoms with Gasteiger partial charge in [-0.15, -0.1) is 11.8 Å². The number of thiocarbonyl (C=S) groups is 1. The molecule has 0 spiro atoms. The molecule has 124 valence electrons. The summed E-state index contributed by atoms with van der Waals surface area (Å²) in [5.41, 5.74) is 1.99. The lowest BCUT2D eigenvalue weighted by Crippen LogP contribution is -2.37. The Balaban J connectivity index is 1.78. The van der Waals surface area contributed by atoms with Gasteiger partial charge in [0.25, 0.3) is 0 Å². The third kappa shape index (κ3) is 6.35. The first-order chi connectivity index (χ1) is 11.6. The molecule has 2 aromatic rings. The number of halogens is 1. The number of nitrogens with one attached hydrogen (secondary N) is 2. The summed E-state index contributed by atoms with van der Waals surface area (Å²) in [7, 11) is 0. The Morgan fingerprint density at radius 2 is 1.83 bits per heavy atom. The van der Waals surface area contributed by atoms with Crippen molar-refractivity contribution < 1.29 is 4.79 Å². The van der Waals surface area contributed by atoms with E-state index in [0.717, 1.165) is 11.1 Å². The molecule has 2 N–H and O–H groups in total. The zero-order chi connectivity index (χ0) is 17.4. The van der Waals surface area contributed by atoms with Gasteiger partial charge in [-0.3, -0.25) is 10.1 Å². The molecule has 3 nitrogen and oxygen atoms in total. The fourth-order valence-electron chi connectivity index (χ4n) is 1.87. The average Bonchev–Trinajstić information content (AvgIpc) is 2.60. The van der Waals surface area contributed by atoms with Crippen molar-refractivity contribution in [3.8, 4) is 0 Å². The zero-order valence-corrected chi connectivity index (χ0v) is 15.5. The van der Waals surface area contributed by atoms with Crippen molar-refractivity contribution in [2.45, 2.75) is 11.4 Å². The van der Waals surface area contributed by atoms with Gasteiger partial charge in [-0.2, -0.15) is 0 Å². The summed E-state index contributed by atoms with van der Waals surface area (Å²) in [5, 5.41) is 6.59. The van der Waals surface area contributed by atoms with Gasteiger partial charge in [0.2, 0.25) is 5.91 Å². The SMILES string of the molecule is CSc1ccc(CNC(=S)NC(=O)/C=C/c2ccc(Cl)cc2)cc1. The van der Waals surface area contributed by atoms with E-state index in [9.17, 15) is 4.79 Å². The molecule has 0 aliphatic heterocycles. The van der Waals surface area contributed by atoms with Gasteiger partial charge < -0.3 is 5.32 Å². The van der Waals surface area contributed by atoms with Crippen LogP contribution < -0.4 is 10.6 Å². The van der Waals surface area contributed by atoms with E-state index in [1.807, 2.05) is 30.5 Å². The highest BCUT2D eigenvalue weighted by Crippen LogP contribution is 2.14. The summed E-state index contributed by atoms with van der Waals surface area (Å²) < 4.78 is 0. The van der Waals surface area contributed by atoms with Crippen molar-refractivity contribution in [3.05, 3.63) is 70.8 Å². The van der Waals surface area contributed by atoms with Crippen molar-refractivity contribution in [3.63, 3.8) is 0 Å². The molecule has 0 fully saturated rings. The van der Waals surface area contributed by atoms with Gasteiger partial charge in [0.1, 0.15) is 0 Å². The highest BCUT2D eigenvalue weighted by Gasteiger charge is 2.01. The molecular weight excluding hydrogens is 360 g/mol. The van der Waals surface area contributed by atoms with Crippen LogP contribution >= 0.6 is 35.6 Å². The molecule has 0 aliphatic carbocycles. The molecule has 0 saturated carbocycles. The number of carbonyl (C=O) groups excluding carboxylic acids is 1. The van der Waals surface area contributed by atoms with E-state index in [1.165, 1.54) is 11.0 Å². The predicted octanol–water partition coefficient (Wildman–Crippen LogP) is 4.27. The standard InChI is InChI=1S/C18H17ClN2OS2/c1-24-16-9-4-14(5-10-16)12-20-18(23)21-17(22)11-6-13-2-7-15(19)8-3-13/h2-11H,12H2,1H3,(H2,20,21,22,23)/b11-6+. The van der Waals surface area contributed by atoms with E-state index < -0.39 is 0 Å². The van der Waals surface area contributed by atoms with Crippen LogP contribution in [0.5, 0.6) is 0 Å². The number of amides is 1. The first-order valence-corrected chi connectivity index (χ1v) is 9.23. The molecule has 6 heteroatoms. The Morgan fingerprint density at radius 1 is 1.17 bits per heavy atom. The van der Waals surface area contributed by atoms with Crippen LogP contribution in [0.4, 0.5) is 0 Å². The lowest BCUT2D eigenvalue weighted by Gasteiger charge is -2.08. The van der Waals surface area contributed by atoms with E-state index in [4.69, 9.17) is 23.8 Å². The molecule has 0 aliphatic rings. The van der Waals surface area contributed by atoms with Crippen molar-refractivity contribution in [2.24, 2.45) is 0 Å². The van der Waals surface area contributed by atoms with E-state index in [0.29, 0.717) is 16.7 Å². The normalized spacial score (nSPS) is 10.6. The maximum atomic E-state index is 11.8. The molecule has 1 amide bonds. The summed E-state index contributed by atoms with van der Waals surface area (Å²) in [6.07, 6.45) is 5.18. The largest absolute Gasteiger partial charge is 0.358 e. The minimum atomic E-state index is -0.278. The first kappa shape index (κ1) is 18.5. The predicted molar refractivity (Wildman–Crippen MR) is 106 cm³/mol. The monoisotopic (exact) mass is 376 g/mol. The second-order valence-corrected chi connectivity index (χ2v) is 6.63. The maximum absolute atomic E-state index is 11.8. The van der Waals surface area contributed by atoms with E-state index in [-0.39, 0.29) is 5.91 Å². The molecule has 0 heterocycles. The fraction of sp³-hybridized carbons (Fsp3) is 0.111. The Kier molecular flexibility index (Phi) is 7.31. The molecule has 24 heavy (non-hydrogen) atoms. The number of thioether (sulfide) groups is 1. The molecular formula is C18H17ClN2OS2. The average molecular weight is 377 g/mol. The highest BCUT2D eigenvalue weighted by atomic mass is 35.5. The summed E-state index contributed by atoms with van der Waals surface area (Å²) >= 11 is 12.6. The second-order valence-electron chi connectivity index (χ2n) is 4.90. The number of hydrogen-bond donors (Lipinski definition) is 2. The minimum absolute atomic E-state index is 0.278. The number of carbonyl (C=O) groups is 1. The van der Waals surface area contributed by atoms with Crippen LogP contribution in [0.25, 0.3) is 6.08 Å². The van der Waals surface area contributed by atoms with Gasteiger partial charge in [-0.25, -0.2) is 0 Å². The van der Waals surface area contributed by atoms with E-state index in [2.05, 4.69) is 22.8 Å². The van der Waals surface area contributed by atoms with E-state index >= 15 is 0 Å². The lowest BCUT2D eigenvalue weighted by molar-refractivity contribution is -0.115. The summed E-state index contributed by atoms with van der Waals surface area (Å²) in [5.74, 6) is -0.278. The van der Waals surface area contributed by atoms with Crippen molar-refractivity contribution in [1.29, 1.82) is 0 Å². The smallest absolute Gasteiger partial charge is 0.250 e. The summed E-state index contributed by atoms with van der Waals surface area (Å²) in [6.45, 7) is 0.564. The molecule has 0 radical (unpaired) electrons. The van der Waals surface area contributed by atoms with Gasteiger partial charge in [0, 0.05) is 22.5 Å². The molecule has 0 atom stereocenters. The molecule has 0 bridgehead atoms. The van der Waals surface area contributed by atoms with Crippen LogP contribution in [0.3, 0.4) is 0 Å². The van der Waals surface area contributed by atoms with Gasteiger partial charge in [-0.1, -0.05) is 35.9 Å². The van der Waals surface area contributed by atoms with Crippen LogP contribution in [0.1, 0.15) is 11.1 Å². The minimum Gasteiger partial charge on any atom is -0.358 e. The Morgan fingerprint density at radius 3 is 2.46 bits per heavy atom. The third-order valence-corrected chi connectivity index (χ3v) is 4.39. The van der Waals surface area contributed by atoms with Crippen molar-refractivity contribution >= 4 is 52.7 Å². The van der Waals surface area contributed by atoms with Gasteiger partial charge in [0.15, 0.2) is 5.11 Å². The Hall–Kier alpha value is -1.82. The van der Waals surface area contributed by atoms with Gasteiger partial charge >= 0.3 is 0 Å². The summed E-state index contributed by atoms with van der Waals surface area (Å²) in [4.78, 5) is 13.0. The second kappa shape index (κ2) is 9.47. The maximum Gasteiger partial charge on any atom is 0.250 e. The van der Waals surface area contributed by atoms with Gasteiger partial charge in [-0.05, 0) is 59.9 Å². The molecule has 0 unspecified atom stereocenters. The van der Waals surface area contributed by atoms with Crippen molar-refractivity contribution in [2.75, 3.05) is 6.26 Å². The van der Waals surface area contributed by atoms with E-state index in [1.54, 1.807) is 30.0 Å². The molecule has 2 rings (SSSR count). The first-order valence-electron chi connectivity index (χ1n) is 7.22. The fourth-order valence-corrected chi connectivity index (χ4v) is 2.58. The molecule has 2 aromatic carbocycles. The topological polar surface area (TPSA) is 41.1 Å². The zero-order valence-electron chi connectivity index (χ0n) is 13.1. The van der Waals surface area contributed by atoms with Crippen molar-refractivity contribution in [1.82, 2.24) is 10.6 Å². The molecule has 0 saturated heterocycles. The molecule has 0 aromatic heterocycles. The number of rotatable bonds is 5. The van der Waals surface area contributed by atoms with Crippen LogP contribution in [0, 0.1) is 0 Å². The van der Waals surface area contributed by atoms with Crippen LogP contribution in [0.15, 0.2) is 59.5 Å². The lowest BCUT2D eigenvalue weighted by atomic mass is 10.2. The third-order valence-electron chi connectivity index (χ3n) is 3.15. The number of hydrogen-bond acceptors (Lipinski definition) is 3. The van der Waals surface area contributed by atoms with Crippen LogP contribution in [0.2, 0.25) is 5.02 Å². The van der Waals surface area contributed by atoms with Gasteiger partial charge in [0.05, 0.1) is 0 Å². The van der Waals surface area contributed by atoms with Crippen LogP contribution in [-0.4, -0.2) is 17.3 Å². The van der Waals surface area contributed by atoms with Crippen LogP contribution in [-0.2, 0) is 11.3 Å².